The third-order valence-electron chi connectivity index (χ3n) is 15.9. The van der Waals surface area contributed by atoms with Crippen LogP contribution >= 0.6 is 0 Å². The topological polar surface area (TPSA) is 165 Å². The van der Waals surface area contributed by atoms with Crippen molar-refractivity contribution in [3.05, 3.63) is 287 Å². The Kier molecular flexibility index (Phi) is 24.6. The molecule has 0 bridgehead atoms. The van der Waals surface area contributed by atoms with E-state index in [4.69, 9.17) is 11.0 Å². The van der Waals surface area contributed by atoms with Crippen molar-refractivity contribution in [1.29, 1.82) is 10.5 Å². The third kappa shape index (κ3) is 16.1. The molecule has 4 aliphatic rings. The molecule has 446 valence electrons. The molecular formula is C74H87N9O3. The summed E-state index contributed by atoms with van der Waals surface area (Å²) in [5, 5.41) is 35.0. The van der Waals surface area contributed by atoms with Gasteiger partial charge in [0.05, 0.1) is 43.3 Å². The fourth-order valence-electron chi connectivity index (χ4n) is 11.9. The first-order chi connectivity index (χ1) is 40.5. The highest BCUT2D eigenvalue weighted by Crippen LogP contribution is 2.39. The van der Waals surface area contributed by atoms with Gasteiger partial charge in [-0.05, 0) is 57.6 Å². The molecule has 0 aliphatic carbocycles. The lowest BCUT2D eigenvalue weighted by Crippen LogP contribution is -2.75. The van der Waals surface area contributed by atoms with Crippen molar-refractivity contribution in [3.8, 4) is 12.1 Å². The number of nitrogens with two attached hydrogens (primary N) is 1. The largest absolute Gasteiger partial charge is 0.373 e. The van der Waals surface area contributed by atoms with E-state index in [1.807, 2.05) is 117 Å². The second-order valence-electron chi connectivity index (χ2n) is 21.9. The number of hydrogen-bond acceptors (Lipinski definition) is 11. The minimum Gasteiger partial charge on any atom is -0.373 e. The van der Waals surface area contributed by atoms with Crippen molar-refractivity contribution in [2.45, 2.75) is 77.0 Å². The molecule has 4 saturated heterocycles. The molecule has 12 rings (SSSR count). The van der Waals surface area contributed by atoms with Crippen molar-refractivity contribution in [2.24, 2.45) is 5.73 Å². The van der Waals surface area contributed by atoms with Gasteiger partial charge in [0, 0.05) is 39.3 Å². The summed E-state index contributed by atoms with van der Waals surface area (Å²) in [5.41, 5.74) is 13.3. The number of nitrogens with zero attached hydrogens (tertiary/aromatic N) is 6. The van der Waals surface area contributed by atoms with Gasteiger partial charge >= 0.3 is 0 Å². The number of β-amino-alcohol motifs (C(OH)–C–C–N with tert-alkyl or cyclic N) is 1. The zero-order valence-electron chi connectivity index (χ0n) is 47.5. The molecular weight excluding hydrogens is 1060 g/mol. The first kappa shape index (κ1) is 66.7. The van der Waals surface area contributed by atoms with Crippen LogP contribution in [-0.2, 0) is 9.59 Å². The minimum atomic E-state index is -1.19. The second-order valence-corrected chi connectivity index (χ2v) is 21.9. The Hall–Kier alpha value is -8.40. The molecule has 0 spiro atoms. The van der Waals surface area contributed by atoms with Gasteiger partial charge in [0.15, 0.2) is 11.4 Å². The van der Waals surface area contributed by atoms with Crippen molar-refractivity contribution in [1.82, 2.24) is 30.2 Å². The molecule has 1 amide bonds. The first-order valence-electron chi connectivity index (χ1n) is 28.7. The van der Waals surface area contributed by atoms with E-state index in [0.29, 0.717) is 45.1 Å². The molecule has 5 N–H and O–H groups in total. The van der Waals surface area contributed by atoms with Crippen LogP contribution in [0.5, 0.6) is 0 Å². The van der Waals surface area contributed by atoms with Gasteiger partial charge in [-0.1, -0.05) is 279 Å². The molecule has 4 aliphatic heterocycles. The van der Waals surface area contributed by atoms with Crippen molar-refractivity contribution >= 4 is 11.7 Å². The molecule has 0 unspecified atom stereocenters. The van der Waals surface area contributed by atoms with Crippen LogP contribution in [0.2, 0.25) is 0 Å². The van der Waals surface area contributed by atoms with Gasteiger partial charge in [0.25, 0.3) is 0 Å². The SMILES string of the molecule is C.C.C.CCNC1(C#N)CN(C(c2ccccc2)c2ccccc2)C1.CCNC1(C(N)=O)CN(C(c2ccccc2)c2ccccc2)C1.N#CC1(O)CN(C(c2ccccc2)c2ccccc2)C1.O=C1CN(C(c2ccccc2)c2ccccc2)C1. The zero-order chi connectivity index (χ0) is 58.1. The normalized spacial score (nSPS) is 16.2. The number of ketones is 1. The van der Waals surface area contributed by atoms with Crippen LogP contribution < -0.4 is 16.4 Å². The van der Waals surface area contributed by atoms with Crippen molar-refractivity contribution in [3.63, 3.8) is 0 Å². The molecule has 8 aromatic rings. The number of nitriles is 2. The number of rotatable bonds is 17. The maximum absolute atomic E-state index is 11.9. The molecule has 12 nitrogen and oxygen atoms in total. The van der Waals surface area contributed by atoms with E-state index in [9.17, 15) is 20.0 Å². The van der Waals surface area contributed by atoms with Crippen molar-refractivity contribution < 1.29 is 14.7 Å². The predicted octanol–water partition coefficient (Wildman–Crippen LogP) is 11.8. The van der Waals surface area contributed by atoms with E-state index >= 15 is 0 Å². The van der Waals surface area contributed by atoms with E-state index in [2.05, 4.69) is 182 Å². The molecule has 12 heteroatoms. The lowest BCUT2D eigenvalue weighted by molar-refractivity contribution is -0.133. The number of nitrogens with one attached hydrogen (secondary N) is 2. The zero-order valence-corrected chi connectivity index (χ0v) is 47.5. The van der Waals surface area contributed by atoms with E-state index in [-0.39, 0.29) is 52.4 Å². The van der Waals surface area contributed by atoms with E-state index in [0.717, 1.165) is 26.2 Å². The number of Topliss-reactive ketones (excluding diaryl/α,β-unsaturated/α-hetero) is 1. The fraction of sp³-hybridized carbons (Fsp3) is 0.297. The number of carbonyl (C=O) groups is 2. The quantitative estimate of drug-likeness (QED) is 0.0641. The van der Waals surface area contributed by atoms with Gasteiger partial charge in [-0.2, -0.15) is 10.5 Å². The van der Waals surface area contributed by atoms with Gasteiger partial charge in [-0.15, -0.1) is 0 Å². The van der Waals surface area contributed by atoms with Gasteiger partial charge in [-0.3, -0.25) is 34.5 Å². The lowest BCUT2D eigenvalue weighted by Gasteiger charge is -2.52. The third-order valence-corrected chi connectivity index (χ3v) is 15.9. The molecule has 0 saturated carbocycles. The number of primary amides is 1. The number of likely N-dealkylation sites (tertiary alicyclic amines) is 4. The standard InChI is InChI=1S/C19H23N3O.C19H21N3.C17H16N2O.C16H15NO.3CH4/c1-2-21-19(18(20)23)13-22(14-19)17(15-9-5-3-6-10-15)16-11-7-4-8-12-16;1-2-21-19(13-20)14-22(15-19)18(16-9-5-3-6-10-16)17-11-7-4-8-12-17;18-11-17(20)12-19(13-17)16(14-7-3-1-4-8-14)15-9-5-2-6-10-15;18-15-11-17(12-15)16(13-7-3-1-4-8-13)14-9-5-2-6-10-14;;;/h3-12,17,21H,2,13-14H2,1H3,(H2,20,23);3-12,18,21H,2,14-15H2,1H3;1-10,16,20H,12-13H2;1-10,16H,11-12H2;3*1H4. The van der Waals surface area contributed by atoms with Crippen molar-refractivity contribution in [2.75, 3.05) is 65.4 Å². The van der Waals surface area contributed by atoms with Gasteiger partial charge in [0.2, 0.25) is 5.91 Å². The number of amides is 1. The molecule has 0 aromatic heterocycles. The van der Waals surface area contributed by atoms with Crippen LogP contribution in [-0.4, -0.2) is 119 Å². The van der Waals surface area contributed by atoms with Crippen LogP contribution in [0, 0.1) is 22.7 Å². The van der Waals surface area contributed by atoms with Crippen LogP contribution in [0.4, 0.5) is 0 Å². The highest BCUT2D eigenvalue weighted by atomic mass is 16.3. The Morgan fingerprint density at radius 3 is 0.895 bits per heavy atom. The summed E-state index contributed by atoms with van der Waals surface area (Å²) in [6.45, 7) is 10.3. The Labute approximate surface area is 512 Å². The molecule has 86 heavy (non-hydrogen) atoms. The summed E-state index contributed by atoms with van der Waals surface area (Å²) in [5.74, 6) is 0.0577. The molecule has 0 radical (unpaired) electrons. The van der Waals surface area contributed by atoms with E-state index in [1.165, 1.54) is 44.5 Å². The average Bonchev–Trinajstić information content (AvgIpc) is 1.07. The Morgan fingerprint density at radius 1 is 0.430 bits per heavy atom. The van der Waals surface area contributed by atoms with Gasteiger partial charge in [-0.25, -0.2) is 0 Å². The van der Waals surface area contributed by atoms with E-state index in [1.54, 1.807) is 0 Å². The Balaban J connectivity index is 0.000000182. The number of hydrogen-bond donors (Lipinski definition) is 4. The maximum atomic E-state index is 11.9. The summed E-state index contributed by atoms with van der Waals surface area (Å²) in [7, 11) is 0. The van der Waals surface area contributed by atoms with Crippen LogP contribution in [0.1, 0.15) is 105 Å². The molecule has 8 aromatic carbocycles. The summed E-state index contributed by atoms with van der Waals surface area (Å²) in [4.78, 5) is 32.1. The molecule has 4 heterocycles. The molecule has 0 atom stereocenters. The monoisotopic (exact) mass is 1150 g/mol. The maximum Gasteiger partial charge on any atom is 0.240 e. The average molecular weight is 1150 g/mol. The van der Waals surface area contributed by atoms with E-state index < -0.39 is 16.7 Å². The number of benzene rings is 8. The lowest BCUT2D eigenvalue weighted by atomic mass is 9.84. The first-order valence-corrected chi connectivity index (χ1v) is 28.7. The second kappa shape index (κ2) is 31.7. The van der Waals surface area contributed by atoms with Gasteiger partial charge in [0.1, 0.15) is 17.1 Å². The predicted molar refractivity (Wildman–Crippen MR) is 349 cm³/mol. The highest BCUT2D eigenvalue weighted by Gasteiger charge is 2.50. The summed E-state index contributed by atoms with van der Waals surface area (Å²) in [6.07, 6.45) is 0. The van der Waals surface area contributed by atoms with Crippen LogP contribution in [0.15, 0.2) is 243 Å². The fourth-order valence-corrected chi connectivity index (χ4v) is 11.9. The Bertz CT molecular complexity index is 3190. The summed E-state index contributed by atoms with van der Waals surface area (Å²) >= 11 is 0. The number of carbonyl (C=O) groups excluding carboxylic acids is 2. The summed E-state index contributed by atoms with van der Waals surface area (Å²) in [6, 6.07) is 88.0. The number of aliphatic hydroxyl groups is 1. The summed E-state index contributed by atoms with van der Waals surface area (Å²) < 4.78 is 0. The van der Waals surface area contributed by atoms with Crippen LogP contribution in [0.3, 0.4) is 0 Å². The van der Waals surface area contributed by atoms with Crippen LogP contribution in [0.25, 0.3) is 0 Å². The van der Waals surface area contributed by atoms with Gasteiger partial charge < -0.3 is 16.2 Å². The number of likely N-dealkylation sites (N-methyl/N-ethyl adjacent to an activating group) is 2. The smallest absolute Gasteiger partial charge is 0.240 e. The minimum absolute atomic E-state index is 0. The molecule has 4 fully saturated rings. The highest BCUT2D eigenvalue weighted by molar-refractivity contribution is 5.88. The Morgan fingerprint density at radius 2 is 0.674 bits per heavy atom.